The number of sulfone groups is 1. The van der Waals surface area contributed by atoms with Crippen LogP contribution in [0.3, 0.4) is 0 Å². The summed E-state index contributed by atoms with van der Waals surface area (Å²) < 4.78 is 24.1. The molecule has 0 aromatic heterocycles. The molecular weight excluding hydrogens is 286 g/mol. The molecule has 1 aromatic carbocycles. The number of Topliss-reactive ketones (excluding diaryl/α,β-unsaturated/α-hetero) is 1. The molecule has 0 spiro atoms. The lowest BCUT2D eigenvalue weighted by Crippen LogP contribution is -2.36. The summed E-state index contributed by atoms with van der Waals surface area (Å²) in [5, 5.41) is 8.42. The summed E-state index contributed by atoms with van der Waals surface area (Å²) in [6.45, 7) is 0. The van der Waals surface area contributed by atoms with Crippen LogP contribution in [0.15, 0.2) is 24.3 Å². The van der Waals surface area contributed by atoms with Gasteiger partial charge < -0.3 is 0 Å². The molecule has 2 heterocycles. The maximum Gasteiger partial charge on any atom is 0.156 e. The van der Waals surface area contributed by atoms with Crippen LogP contribution >= 0.6 is 0 Å². The van der Waals surface area contributed by atoms with Crippen LogP contribution in [-0.4, -0.2) is 24.7 Å². The van der Waals surface area contributed by atoms with Crippen molar-refractivity contribution in [1.29, 1.82) is 5.26 Å². The van der Waals surface area contributed by atoms with E-state index in [-0.39, 0.29) is 28.6 Å². The third-order valence-corrected chi connectivity index (χ3v) is 7.51. The van der Waals surface area contributed by atoms with Gasteiger partial charge in [0.25, 0.3) is 0 Å². The monoisotopic (exact) mass is 303 g/mol. The normalized spacial score (nSPS) is 29.8. The average molecular weight is 303 g/mol. The largest absolute Gasteiger partial charge is 0.299 e. The van der Waals surface area contributed by atoms with Crippen LogP contribution in [0, 0.1) is 17.2 Å². The van der Waals surface area contributed by atoms with Gasteiger partial charge >= 0.3 is 0 Å². The van der Waals surface area contributed by atoms with Gasteiger partial charge in [-0.2, -0.15) is 5.26 Å². The van der Waals surface area contributed by atoms with Crippen LogP contribution in [0.5, 0.6) is 0 Å². The molecule has 2 unspecified atom stereocenters. The van der Waals surface area contributed by atoms with Gasteiger partial charge in [0, 0.05) is 12.3 Å². The summed E-state index contributed by atoms with van der Waals surface area (Å²) in [6.07, 6.45) is 2.56. The van der Waals surface area contributed by atoms with Gasteiger partial charge in [-0.25, -0.2) is 8.42 Å². The second kappa shape index (κ2) is 5.27. The van der Waals surface area contributed by atoms with Gasteiger partial charge in [0.15, 0.2) is 9.84 Å². The first-order chi connectivity index (χ1) is 10.0. The molecule has 0 radical (unpaired) electrons. The summed E-state index contributed by atoms with van der Waals surface area (Å²) in [7, 11) is -2.99. The first kappa shape index (κ1) is 14.3. The SMILES string of the molecule is N#Cc1ccccc1CC(=O)C1CC2CCC(C1)S2(=O)=O. The van der Waals surface area contributed by atoms with Crippen LogP contribution in [0.2, 0.25) is 0 Å². The van der Waals surface area contributed by atoms with Gasteiger partial charge in [0.1, 0.15) is 5.78 Å². The summed E-state index contributed by atoms with van der Waals surface area (Å²) >= 11 is 0. The van der Waals surface area contributed by atoms with Crippen LogP contribution in [0.1, 0.15) is 36.8 Å². The quantitative estimate of drug-likeness (QED) is 0.856. The Labute approximate surface area is 124 Å². The highest BCUT2D eigenvalue weighted by Gasteiger charge is 2.48. The number of ketones is 1. The second-order valence-corrected chi connectivity index (χ2v) is 8.50. The molecule has 4 nitrogen and oxygen atoms in total. The van der Waals surface area contributed by atoms with E-state index in [1.807, 2.05) is 6.07 Å². The van der Waals surface area contributed by atoms with Crippen LogP contribution in [-0.2, 0) is 21.1 Å². The fourth-order valence-corrected chi connectivity index (χ4v) is 6.06. The molecule has 110 valence electrons. The van der Waals surface area contributed by atoms with Crippen molar-refractivity contribution in [1.82, 2.24) is 0 Å². The van der Waals surface area contributed by atoms with E-state index in [9.17, 15) is 13.2 Å². The van der Waals surface area contributed by atoms with Gasteiger partial charge in [-0.05, 0) is 37.3 Å². The van der Waals surface area contributed by atoms with Gasteiger partial charge in [-0.15, -0.1) is 0 Å². The van der Waals surface area contributed by atoms with Crippen LogP contribution in [0.4, 0.5) is 0 Å². The Morgan fingerprint density at radius 3 is 2.43 bits per heavy atom. The minimum absolute atomic E-state index is 0.0736. The van der Waals surface area contributed by atoms with Gasteiger partial charge in [-0.1, -0.05) is 18.2 Å². The Hall–Kier alpha value is -1.67. The van der Waals surface area contributed by atoms with Gasteiger partial charge in [0.2, 0.25) is 0 Å². The fraction of sp³-hybridized carbons (Fsp3) is 0.500. The lowest BCUT2D eigenvalue weighted by molar-refractivity contribution is -0.122. The number of fused-ring (bicyclic) bond motifs is 2. The minimum atomic E-state index is -2.99. The van der Waals surface area contributed by atoms with E-state index in [0.29, 0.717) is 31.2 Å². The van der Waals surface area contributed by atoms with Gasteiger partial charge in [0.05, 0.1) is 22.1 Å². The molecule has 2 aliphatic rings. The van der Waals surface area contributed by atoms with Crippen molar-refractivity contribution in [3.8, 4) is 6.07 Å². The van der Waals surface area contributed by atoms with Crippen molar-refractivity contribution in [2.24, 2.45) is 5.92 Å². The molecule has 2 fully saturated rings. The number of nitriles is 1. The molecule has 0 N–H and O–H groups in total. The van der Waals surface area contributed by atoms with E-state index >= 15 is 0 Å². The molecule has 5 heteroatoms. The Balaban J connectivity index is 1.75. The van der Waals surface area contributed by atoms with Crippen molar-refractivity contribution < 1.29 is 13.2 Å². The number of nitrogens with zero attached hydrogens (tertiary/aromatic N) is 1. The summed E-state index contributed by atoms with van der Waals surface area (Å²) in [5.41, 5.74) is 1.27. The van der Waals surface area contributed by atoms with Crippen LogP contribution < -0.4 is 0 Å². The highest BCUT2D eigenvalue weighted by molar-refractivity contribution is 7.93. The standard InChI is InChI=1S/C16H17NO3S/c17-10-12-4-2-1-3-11(12)9-16(18)13-7-14-5-6-15(8-13)21(14,19)20/h1-4,13-15H,5-9H2. The molecule has 3 rings (SSSR count). The Bertz CT molecular complexity index is 697. The summed E-state index contributed by atoms with van der Waals surface area (Å²) in [4.78, 5) is 12.5. The predicted molar refractivity (Wildman–Crippen MR) is 78.3 cm³/mol. The number of rotatable bonds is 3. The Kier molecular flexibility index (Phi) is 3.58. The molecular formula is C16H17NO3S. The zero-order valence-corrected chi connectivity index (χ0v) is 12.5. The van der Waals surface area contributed by atoms with Crippen molar-refractivity contribution in [3.63, 3.8) is 0 Å². The maximum atomic E-state index is 12.5. The molecule has 21 heavy (non-hydrogen) atoms. The van der Waals surface area contributed by atoms with Crippen molar-refractivity contribution >= 4 is 15.6 Å². The lowest BCUT2D eigenvalue weighted by Gasteiger charge is -2.27. The molecule has 0 aliphatic carbocycles. The summed E-state index contributed by atoms with van der Waals surface area (Å²) in [5.74, 6) is -0.0951. The van der Waals surface area contributed by atoms with Gasteiger partial charge in [-0.3, -0.25) is 4.79 Å². The number of carbonyl (C=O) groups excluding carboxylic acids is 1. The number of benzene rings is 1. The van der Waals surface area contributed by atoms with Crippen molar-refractivity contribution in [2.45, 2.75) is 42.6 Å². The highest BCUT2D eigenvalue weighted by Crippen LogP contribution is 2.41. The van der Waals surface area contributed by atoms with E-state index in [1.54, 1.807) is 18.2 Å². The van der Waals surface area contributed by atoms with Crippen molar-refractivity contribution in [3.05, 3.63) is 35.4 Å². The van der Waals surface area contributed by atoms with Crippen LogP contribution in [0.25, 0.3) is 0 Å². The first-order valence-corrected chi connectivity index (χ1v) is 8.86. The average Bonchev–Trinajstić information content (AvgIpc) is 2.67. The third kappa shape index (κ3) is 2.49. The highest BCUT2D eigenvalue weighted by atomic mass is 32.2. The number of hydrogen-bond donors (Lipinski definition) is 0. The van der Waals surface area contributed by atoms with E-state index in [1.165, 1.54) is 0 Å². The maximum absolute atomic E-state index is 12.5. The molecule has 2 aliphatic heterocycles. The minimum Gasteiger partial charge on any atom is -0.299 e. The second-order valence-electron chi connectivity index (χ2n) is 5.99. The third-order valence-electron chi connectivity index (χ3n) is 4.79. The zero-order chi connectivity index (χ0) is 15.0. The number of hydrogen-bond acceptors (Lipinski definition) is 4. The van der Waals surface area contributed by atoms with Crippen molar-refractivity contribution in [2.75, 3.05) is 0 Å². The Morgan fingerprint density at radius 1 is 1.19 bits per heavy atom. The summed E-state index contributed by atoms with van der Waals surface area (Å²) in [6, 6.07) is 9.20. The topological polar surface area (TPSA) is 75.0 Å². The zero-order valence-electron chi connectivity index (χ0n) is 11.7. The predicted octanol–water partition coefficient (Wildman–Crippen LogP) is 2.03. The van der Waals surface area contributed by atoms with E-state index in [0.717, 1.165) is 5.56 Å². The molecule has 0 saturated carbocycles. The first-order valence-electron chi connectivity index (χ1n) is 7.26. The molecule has 1 aromatic rings. The molecule has 2 atom stereocenters. The Morgan fingerprint density at radius 2 is 1.81 bits per heavy atom. The van der Waals surface area contributed by atoms with E-state index in [4.69, 9.17) is 5.26 Å². The molecule has 2 saturated heterocycles. The smallest absolute Gasteiger partial charge is 0.156 e. The molecule has 2 bridgehead atoms. The van der Waals surface area contributed by atoms with E-state index < -0.39 is 9.84 Å². The molecule has 0 amide bonds. The number of carbonyl (C=O) groups is 1. The fourth-order valence-electron chi connectivity index (χ4n) is 3.59. The lowest BCUT2D eigenvalue weighted by atomic mass is 9.90. The van der Waals surface area contributed by atoms with E-state index in [2.05, 4.69) is 6.07 Å².